The number of aromatic nitrogens is 2. The summed E-state index contributed by atoms with van der Waals surface area (Å²) in [6.45, 7) is 8.32. The van der Waals surface area contributed by atoms with Gasteiger partial charge in [0.05, 0.1) is 18.2 Å². The molecule has 2 rings (SSSR count). The van der Waals surface area contributed by atoms with Gasteiger partial charge in [-0.25, -0.2) is 4.98 Å². The van der Waals surface area contributed by atoms with Crippen LogP contribution in [0.3, 0.4) is 0 Å². The summed E-state index contributed by atoms with van der Waals surface area (Å²) in [7, 11) is 0. The molecule has 0 bridgehead atoms. The summed E-state index contributed by atoms with van der Waals surface area (Å²) >= 11 is 0. The van der Waals surface area contributed by atoms with E-state index in [2.05, 4.69) is 28.7 Å². The first-order valence-electron chi connectivity index (χ1n) is 6.69. The monoisotopic (exact) mass is 237 g/mol. The molecule has 1 aliphatic rings. The van der Waals surface area contributed by atoms with Crippen LogP contribution in [0.15, 0.2) is 12.5 Å². The summed E-state index contributed by atoms with van der Waals surface area (Å²) < 4.78 is 8.07. The van der Waals surface area contributed by atoms with Crippen LogP contribution in [0, 0.1) is 5.92 Å². The predicted octanol–water partition coefficient (Wildman–Crippen LogP) is 1.98. The first kappa shape index (κ1) is 12.6. The zero-order valence-corrected chi connectivity index (χ0v) is 10.9. The maximum absolute atomic E-state index is 5.88. The van der Waals surface area contributed by atoms with Crippen LogP contribution >= 0.6 is 0 Å². The SMILES string of the molecule is CCCNCC1CCOC1c1cncn1CC. The molecular formula is C13H23N3O. The van der Waals surface area contributed by atoms with Crippen molar-refractivity contribution in [1.82, 2.24) is 14.9 Å². The fourth-order valence-electron chi connectivity index (χ4n) is 2.47. The van der Waals surface area contributed by atoms with Crippen molar-refractivity contribution in [2.75, 3.05) is 19.7 Å². The molecule has 0 amide bonds. The minimum Gasteiger partial charge on any atom is -0.372 e. The lowest BCUT2D eigenvalue weighted by atomic mass is 9.99. The zero-order chi connectivity index (χ0) is 12.1. The number of hydrogen-bond acceptors (Lipinski definition) is 3. The highest BCUT2D eigenvalue weighted by molar-refractivity contribution is 5.06. The molecule has 0 aromatic carbocycles. The summed E-state index contributed by atoms with van der Waals surface area (Å²) in [5.41, 5.74) is 1.23. The molecule has 2 atom stereocenters. The third-order valence-electron chi connectivity index (χ3n) is 3.42. The number of nitrogens with zero attached hydrogens (tertiary/aromatic N) is 2. The molecule has 1 aromatic heterocycles. The number of imidazole rings is 1. The van der Waals surface area contributed by atoms with Gasteiger partial charge in [-0.05, 0) is 26.3 Å². The van der Waals surface area contributed by atoms with E-state index in [1.807, 2.05) is 12.5 Å². The Morgan fingerprint density at radius 1 is 1.53 bits per heavy atom. The van der Waals surface area contributed by atoms with Crippen molar-refractivity contribution in [3.8, 4) is 0 Å². The van der Waals surface area contributed by atoms with Gasteiger partial charge in [0.15, 0.2) is 0 Å². The van der Waals surface area contributed by atoms with E-state index in [-0.39, 0.29) is 6.10 Å². The van der Waals surface area contributed by atoms with Crippen LogP contribution in [0.1, 0.15) is 38.5 Å². The Labute approximate surface area is 103 Å². The molecule has 0 aliphatic carbocycles. The Bertz CT molecular complexity index is 337. The normalized spacial score (nSPS) is 24.4. The molecule has 1 N–H and O–H groups in total. The van der Waals surface area contributed by atoms with Crippen molar-refractivity contribution >= 4 is 0 Å². The van der Waals surface area contributed by atoms with Crippen molar-refractivity contribution in [3.63, 3.8) is 0 Å². The largest absolute Gasteiger partial charge is 0.372 e. The van der Waals surface area contributed by atoms with E-state index < -0.39 is 0 Å². The smallest absolute Gasteiger partial charge is 0.103 e. The lowest BCUT2D eigenvalue weighted by Gasteiger charge is -2.20. The highest BCUT2D eigenvalue weighted by Gasteiger charge is 2.31. The molecule has 96 valence electrons. The summed E-state index contributed by atoms with van der Waals surface area (Å²) in [5.74, 6) is 0.587. The Balaban J connectivity index is 1.99. The fourth-order valence-corrected chi connectivity index (χ4v) is 2.47. The molecule has 1 saturated heterocycles. The number of nitrogens with one attached hydrogen (secondary N) is 1. The average molecular weight is 237 g/mol. The Morgan fingerprint density at radius 2 is 2.41 bits per heavy atom. The van der Waals surface area contributed by atoms with Crippen LogP contribution in [0.4, 0.5) is 0 Å². The van der Waals surface area contributed by atoms with E-state index in [1.165, 1.54) is 12.1 Å². The topological polar surface area (TPSA) is 39.1 Å². The molecule has 1 fully saturated rings. The minimum atomic E-state index is 0.224. The first-order chi connectivity index (χ1) is 8.36. The lowest BCUT2D eigenvalue weighted by molar-refractivity contribution is 0.0841. The van der Waals surface area contributed by atoms with Crippen molar-refractivity contribution in [2.24, 2.45) is 5.92 Å². The van der Waals surface area contributed by atoms with E-state index in [1.54, 1.807) is 0 Å². The highest BCUT2D eigenvalue weighted by atomic mass is 16.5. The molecule has 17 heavy (non-hydrogen) atoms. The van der Waals surface area contributed by atoms with Gasteiger partial charge in [-0.3, -0.25) is 0 Å². The van der Waals surface area contributed by atoms with Gasteiger partial charge in [-0.2, -0.15) is 0 Å². The van der Waals surface area contributed by atoms with E-state index in [9.17, 15) is 0 Å². The van der Waals surface area contributed by atoms with Crippen LogP contribution in [0.2, 0.25) is 0 Å². The molecule has 4 heteroatoms. The second-order valence-corrected chi connectivity index (χ2v) is 4.65. The number of aryl methyl sites for hydroxylation is 1. The highest BCUT2D eigenvalue weighted by Crippen LogP contribution is 2.33. The summed E-state index contributed by atoms with van der Waals surface area (Å²) in [4.78, 5) is 4.23. The fraction of sp³-hybridized carbons (Fsp3) is 0.769. The Morgan fingerprint density at radius 3 is 3.18 bits per heavy atom. The predicted molar refractivity (Wildman–Crippen MR) is 67.9 cm³/mol. The summed E-state index contributed by atoms with van der Waals surface area (Å²) in [6, 6.07) is 0. The summed E-state index contributed by atoms with van der Waals surface area (Å²) in [6.07, 6.45) is 6.41. The zero-order valence-electron chi connectivity index (χ0n) is 10.9. The molecule has 0 spiro atoms. The number of hydrogen-bond donors (Lipinski definition) is 1. The van der Waals surface area contributed by atoms with Crippen molar-refractivity contribution in [3.05, 3.63) is 18.2 Å². The van der Waals surface area contributed by atoms with Gasteiger partial charge in [0.25, 0.3) is 0 Å². The molecular weight excluding hydrogens is 214 g/mol. The van der Waals surface area contributed by atoms with Crippen molar-refractivity contribution in [2.45, 2.75) is 39.3 Å². The number of rotatable bonds is 6. The summed E-state index contributed by atoms with van der Waals surface area (Å²) in [5, 5.41) is 3.50. The molecule has 1 aromatic rings. The second-order valence-electron chi connectivity index (χ2n) is 4.65. The van der Waals surface area contributed by atoms with E-state index in [0.717, 1.165) is 32.7 Å². The standard InChI is InChI=1S/C13H23N3O/c1-3-6-14-8-11-5-7-17-13(11)12-9-15-10-16(12)4-2/h9-11,13-14H,3-8H2,1-2H3. The lowest BCUT2D eigenvalue weighted by Crippen LogP contribution is -2.26. The van der Waals surface area contributed by atoms with Gasteiger partial charge < -0.3 is 14.6 Å². The Kier molecular flexibility index (Phi) is 4.57. The number of ether oxygens (including phenoxy) is 1. The first-order valence-corrected chi connectivity index (χ1v) is 6.69. The van der Waals surface area contributed by atoms with Crippen LogP contribution < -0.4 is 5.32 Å². The van der Waals surface area contributed by atoms with Gasteiger partial charge in [0.2, 0.25) is 0 Å². The van der Waals surface area contributed by atoms with Crippen LogP contribution in [-0.4, -0.2) is 29.2 Å². The quantitative estimate of drug-likeness (QED) is 0.769. The second kappa shape index (κ2) is 6.17. The molecule has 0 saturated carbocycles. The molecule has 0 radical (unpaired) electrons. The van der Waals surface area contributed by atoms with E-state index in [4.69, 9.17) is 4.74 Å². The van der Waals surface area contributed by atoms with E-state index >= 15 is 0 Å². The van der Waals surface area contributed by atoms with Crippen molar-refractivity contribution in [1.29, 1.82) is 0 Å². The van der Waals surface area contributed by atoms with Gasteiger partial charge in [0.1, 0.15) is 6.10 Å². The van der Waals surface area contributed by atoms with Crippen LogP contribution in [-0.2, 0) is 11.3 Å². The minimum absolute atomic E-state index is 0.224. The third-order valence-corrected chi connectivity index (χ3v) is 3.42. The van der Waals surface area contributed by atoms with Gasteiger partial charge >= 0.3 is 0 Å². The van der Waals surface area contributed by atoms with Gasteiger partial charge in [-0.15, -0.1) is 0 Å². The van der Waals surface area contributed by atoms with Gasteiger partial charge in [-0.1, -0.05) is 6.92 Å². The molecule has 2 heterocycles. The maximum atomic E-state index is 5.88. The van der Waals surface area contributed by atoms with E-state index in [0.29, 0.717) is 5.92 Å². The molecule has 1 aliphatic heterocycles. The van der Waals surface area contributed by atoms with Crippen LogP contribution in [0.25, 0.3) is 0 Å². The maximum Gasteiger partial charge on any atom is 0.103 e. The van der Waals surface area contributed by atoms with Crippen LogP contribution in [0.5, 0.6) is 0 Å². The van der Waals surface area contributed by atoms with Crippen molar-refractivity contribution < 1.29 is 4.74 Å². The third kappa shape index (κ3) is 2.87. The molecule has 2 unspecified atom stereocenters. The molecule has 4 nitrogen and oxygen atoms in total. The average Bonchev–Trinajstić information content (AvgIpc) is 2.96. The van der Waals surface area contributed by atoms with Gasteiger partial charge in [0, 0.05) is 25.6 Å². The Hall–Kier alpha value is -0.870.